The molecule has 1 fully saturated rings. The molecule has 2 unspecified atom stereocenters. The molecule has 1 aliphatic carbocycles. The van der Waals surface area contributed by atoms with Crippen LogP contribution in [0.15, 0.2) is 0 Å². The molecule has 1 aromatic heterocycles. The molecule has 0 saturated heterocycles. The molecule has 1 aromatic rings. The van der Waals surface area contributed by atoms with Gasteiger partial charge in [-0.25, -0.2) is 0 Å². The summed E-state index contributed by atoms with van der Waals surface area (Å²) in [6, 6.07) is 2.50. The number of ketones is 1. The Morgan fingerprint density at radius 2 is 2.35 bits per heavy atom. The molecule has 1 heterocycles. The van der Waals surface area contributed by atoms with Crippen LogP contribution in [0.1, 0.15) is 41.9 Å². The molecule has 1 saturated carbocycles. The van der Waals surface area contributed by atoms with E-state index in [-0.39, 0.29) is 5.78 Å². The highest BCUT2D eigenvalue weighted by atomic mass is 32.1. The second-order valence-corrected chi connectivity index (χ2v) is 5.42. The maximum Gasteiger partial charge on any atom is 0.174 e. The van der Waals surface area contributed by atoms with E-state index < -0.39 is 0 Å². The lowest BCUT2D eigenvalue weighted by molar-refractivity contribution is 0.0993. The van der Waals surface area contributed by atoms with Gasteiger partial charge in [0, 0.05) is 12.5 Å². The Kier molecular flexibility index (Phi) is 3.07. The van der Waals surface area contributed by atoms with Crippen LogP contribution in [0.5, 0.6) is 0 Å². The quantitative estimate of drug-likeness (QED) is 0.804. The number of thiophene rings is 1. The van der Waals surface area contributed by atoms with Crippen LogP contribution in [0.2, 0.25) is 0 Å². The third kappa shape index (κ3) is 2.13. The fourth-order valence-electron chi connectivity index (χ4n) is 1.72. The van der Waals surface area contributed by atoms with E-state index >= 15 is 0 Å². The highest BCUT2D eigenvalue weighted by Gasteiger charge is 2.34. The molecule has 0 spiro atoms. The van der Waals surface area contributed by atoms with Gasteiger partial charge < -0.3 is 11.1 Å². The molecule has 0 aliphatic heterocycles. The van der Waals surface area contributed by atoms with E-state index in [1.165, 1.54) is 11.3 Å². The van der Waals surface area contributed by atoms with Crippen molar-refractivity contribution in [2.45, 2.75) is 32.7 Å². The molecule has 1 aliphatic rings. The largest absolute Gasteiger partial charge is 0.396 e. The number of anilines is 2. The fourth-order valence-corrected chi connectivity index (χ4v) is 2.86. The average Bonchev–Trinajstić information content (AvgIpc) is 2.90. The van der Waals surface area contributed by atoms with E-state index in [9.17, 15) is 4.79 Å². The molecule has 0 bridgehead atoms. The number of rotatable bonds is 4. The van der Waals surface area contributed by atoms with Gasteiger partial charge in [0.1, 0.15) is 16.6 Å². The van der Waals surface area contributed by atoms with Crippen LogP contribution < -0.4 is 11.1 Å². The summed E-state index contributed by atoms with van der Waals surface area (Å²) in [6.07, 6.45) is 1.52. The molecule has 4 nitrogen and oxygen atoms in total. The first-order valence-electron chi connectivity index (χ1n) is 5.70. The normalized spacial score (nSPS) is 21.9. The van der Waals surface area contributed by atoms with Gasteiger partial charge in [0.2, 0.25) is 0 Å². The summed E-state index contributed by atoms with van der Waals surface area (Å²) in [7, 11) is 0. The van der Waals surface area contributed by atoms with E-state index in [1.807, 2.05) is 0 Å². The first-order valence-corrected chi connectivity index (χ1v) is 6.52. The number of carbonyl (C=O) groups is 1. The molecule has 0 radical (unpaired) electrons. The van der Waals surface area contributed by atoms with Crippen LogP contribution in [0.4, 0.5) is 10.7 Å². The minimum absolute atomic E-state index is 0.000829. The van der Waals surface area contributed by atoms with Crippen LogP contribution >= 0.6 is 11.3 Å². The van der Waals surface area contributed by atoms with Gasteiger partial charge in [0.05, 0.1) is 10.6 Å². The SMILES string of the molecule is CCC(=O)c1sc(NC2CC2C)c(C#N)c1N. The molecule has 5 heteroatoms. The summed E-state index contributed by atoms with van der Waals surface area (Å²) in [4.78, 5) is 12.2. The minimum atomic E-state index is 0.000829. The van der Waals surface area contributed by atoms with E-state index in [2.05, 4.69) is 18.3 Å². The van der Waals surface area contributed by atoms with Crippen LogP contribution in [0.25, 0.3) is 0 Å². The summed E-state index contributed by atoms with van der Waals surface area (Å²) in [6.45, 7) is 3.95. The molecule has 2 atom stereocenters. The first-order chi connectivity index (χ1) is 8.08. The topological polar surface area (TPSA) is 78.9 Å². The molecule has 3 N–H and O–H groups in total. The van der Waals surface area contributed by atoms with Crippen molar-refractivity contribution in [1.82, 2.24) is 0 Å². The van der Waals surface area contributed by atoms with Gasteiger partial charge in [-0.2, -0.15) is 5.26 Å². The zero-order valence-corrected chi connectivity index (χ0v) is 10.7. The van der Waals surface area contributed by atoms with Crippen molar-refractivity contribution in [3.8, 4) is 6.07 Å². The van der Waals surface area contributed by atoms with Gasteiger partial charge in [-0.15, -0.1) is 11.3 Å². The van der Waals surface area contributed by atoms with Crippen LogP contribution in [-0.4, -0.2) is 11.8 Å². The van der Waals surface area contributed by atoms with Gasteiger partial charge in [-0.3, -0.25) is 4.79 Å². The standard InChI is InChI=1S/C12H15N3OS/c1-3-9(16)11-10(14)7(5-13)12(17-11)15-8-4-6(8)2/h6,8,15H,3-4,14H2,1-2H3. The van der Waals surface area contributed by atoms with Gasteiger partial charge in [-0.1, -0.05) is 13.8 Å². The van der Waals surface area contributed by atoms with Crippen molar-refractivity contribution in [2.24, 2.45) is 5.92 Å². The lowest BCUT2D eigenvalue weighted by Gasteiger charge is -2.00. The predicted octanol–water partition coefficient (Wildman–Crippen LogP) is 2.61. The number of Topliss-reactive ketones (excluding diaryl/α,β-unsaturated/α-hetero) is 1. The number of nitrogens with two attached hydrogens (primary N) is 1. The Hall–Kier alpha value is -1.54. The smallest absolute Gasteiger partial charge is 0.174 e. The summed E-state index contributed by atoms with van der Waals surface area (Å²) in [5.41, 5.74) is 6.60. The van der Waals surface area contributed by atoms with E-state index in [1.54, 1.807) is 6.92 Å². The number of hydrogen-bond acceptors (Lipinski definition) is 5. The number of nitrogen functional groups attached to an aromatic ring is 1. The van der Waals surface area contributed by atoms with Crippen molar-refractivity contribution in [3.05, 3.63) is 10.4 Å². The fraction of sp³-hybridized carbons (Fsp3) is 0.500. The van der Waals surface area contributed by atoms with E-state index in [4.69, 9.17) is 11.0 Å². The molecule has 17 heavy (non-hydrogen) atoms. The summed E-state index contributed by atoms with van der Waals surface area (Å²) in [5, 5.41) is 13.1. The number of carbonyl (C=O) groups excluding carboxylic acids is 1. The lowest BCUT2D eigenvalue weighted by Crippen LogP contribution is -2.03. The van der Waals surface area contributed by atoms with Crippen molar-refractivity contribution >= 4 is 27.8 Å². The van der Waals surface area contributed by atoms with Crippen molar-refractivity contribution in [1.29, 1.82) is 5.26 Å². The lowest BCUT2D eigenvalue weighted by atomic mass is 10.2. The highest BCUT2D eigenvalue weighted by Crippen LogP contribution is 2.40. The van der Waals surface area contributed by atoms with Crippen molar-refractivity contribution < 1.29 is 4.79 Å². The summed E-state index contributed by atoms with van der Waals surface area (Å²) in [5.74, 6) is 0.635. The minimum Gasteiger partial charge on any atom is -0.396 e. The third-order valence-corrected chi connectivity index (χ3v) is 4.24. The predicted molar refractivity (Wildman–Crippen MR) is 69.3 cm³/mol. The Morgan fingerprint density at radius 1 is 1.71 bits per heavy atom. The maximum atomic E-state index is 11.7. The zero-order valence-electron chi connectivity index (χ0n) is 9.91. The average molecular weight is 249 g/mol. The second-order valence-electron chi connectivity index (χ2n) is 4.40. The van der Waals surface area contributed by atoms with Crippen molar-refractivity contribution in [2.75, 3.05) is 11.1 Å². The van der Waals surface area contributed by atoms with Crippen molar-refractivity contribution in [3.63, 3.8) is 0 Å². The zero-order chi connectivity index (χ0) is 12.6. The monoisotopic (exact) mass is 249 g/mol. The Labute approximate surface area is 104 Å². The first kappa shape index (κ1) is 11.9. The van der Waals surface area contributed by atoms with Crippen LogP contribution in [0, 0.1) is 17.2 Å². The Morgan fingerprint density at radius 3 is 2.82 bits per heavy atom. The van der Waals surface area contributed by atoms with Gasteiger partial charge in [0.15, 0.2) is 5.78 Å². The molecular formula is C12H15N3OS. The highest BCUT2D eigenvalue weighted by molar-refractivity contribution is 7.19. The molecule has 0 amide bonds. The number of nitrogens with zero attached hydrogens (tertiary/aromatic N) is 1. The van der Waals surface area contributed by atoms with Gasteiger partial charge >= 0.3 is 0 Å². The summed E-state index contributed by atoms with van der Waals surface area (Å²) >= 11 is 1.31. The Bertz CT molecular complexity index is 501. The molecule has 0 aromatic carbocycles. The second kappa shape index (κ2) is 4.38. The maximum absolute atomic E-state index is 11.7. The number of nitrogens with one attached hydrogen (secondary N) is 1. The number of nitriles is 1. The van der Waals surface area contributed by atoms with Crippen LogP contribution in [0.3, 0.4) is 0 Å². The van der Waals surface area contributed by atoms with E-state index in [0.717, 1.165) is 11.4 Å². The number of hydrogen-bond donors (Lipinski definition) is 2. The van der Waals surface area contributed by atoms with Gasteiger partial charge in [-0.05, 0) is 12.3 Å². The van der Waals surface area contributed by atoms with Gasteiger partial charge in [0.25, 0.3) is 0 Å². The molecular weight excluding hydrogens is 234 g/mol. The molecule has 2 rings (SSSR count). The molecule has 90 valence electrons. The third-order valence-electron chi connectivity index (χ3n) is 3.06. The Balaban J connectivity index is 2.32. The summed E-state index contributed by atoms with van der Waals surface area (Å²) < 4.78 is 0. The van der Waals surface area contributed by atoms with Crippen LogP contribution in [-0.2, 0) is 0 Å². The van der Waals surface area contributed by atoms with E-state index in [0.29, 0.717) is 34.5 Å².